The zero-order valence-corrected chi connectivity index (χ0v) is 20.3. The number of carbonyl (C=O) groups is 1. The number of hydrogen-bond donors (Lipinski definition) is 1. The molecule has 0 saturated carbocycles. The van der Waals surface area contributed by atoms with Crippen LogP contribution in [0.15, 0.2) is 77.7 Å². The normalized spacial score (nSPS) is 11.7. The molecule has 0 aliphatic rings. The Balaban J connectivity index is 2.16. The van der Waals surface area contributed by atoms with Crippen LogP contribution < -0.4 is 4.74 Å². The van der Waals surface area contributed by atoms with Crippen molar-refractivity contribution in [2.75, 3.05) is 26.9 Å². The van der Waals surface area contributed by atoms with Gasteiger partial charge in [0.05, 0.1) is 24.7 Å². The van der Waals surface area contributed by atoms with E-state index in [9.17, 15) is 13.2 Å². The van der Waals surface area contributed by atoms with Crippen LogP contribution in [0.25, 0.3) is 0 Å². The lowest BCUT2D eigenvalue weighted by Crippen LogP contribution is -2.39. The number of aryl methyl sites for hydroxylation is 2. The molecule has 0 spiro atoms. The summed E-state index contributed by atoms with van der Waals surface area (Å²) in [5.74, 6) is -0.535. The molecular formula is C26H29NO6S. The summed E-state index contributed by atoms with van der Waals surface area (Å²) in [7, 11) is -2.50. The van der Waals surface area contributed by atoms with E-state index in [0.717, 1.165) is 11.1 Å². The third-order valence-corrected chi connectivity index (χ3v) is 7.61. The monoisotopic (exact) mass is 483 g/mol. The van der Waals surface area contributed by atoms with Crippen LogP contribution in [0, 0.1) is 13.8 Å². The summed E-state index contributed by atoms with van der Waals surface area (Å²) in [6.07, 6.45) is 0. The fraction of sp³-hybridized carbons (Fsp3) is 0.269. The molecule has 3 aromatic carbocycles. The third-order valence-electron chi connectivity index (χ3n) is 5.44. The van der Waals surface area contributed by atoms with Gasteiger partial charge in [-0.05, 0) is 48.2 Å². The number of nitrogens with zero attached hydrogens (tertiary/aromatic N) is 1. The second-order valence-corrected chi connectivity index (χ2v) is 9.70. The van der Waals surface area contributed by atoms with E-state index in [1.165, 1.54) is 11.4 Å². The average Bonchev–Trinajstić information content (AvgIpc) is 2.81. The van der Waals surface area contributed by atoms with Gasteiger partial charge in [-0.2, -0.15) is 4.31 Å². The fourth-order valence-electron chi connectivity index (χ4n) is 4.05. The molecule has 0 fully saturated rings. The maximum absolute atomic E-state index is 14.2. The van der Waals surface area contributed by atoms with Gasteiger partial charge in [-0.25, -0.2) is 13.2 Å². The maximum Gasteiger partial charge on any atom is 0.329 e. The largest absolute Gasteiger partial charge is 0.497 e. The highest BCUT2D eigenvalue weighted by Crippen LogP contribution is 2.36. The standard InChI is InChI=1S/C26H29NO6S/c1-19-16-23(32-3)17-20(2)26(19)34(30,31)27(14-15-33-18-24(28)29)25(21-10-6-4-7-11-21)22-12-8-5-9-13-22/h4-13,16-17,25H,14-15,18H2,1-3H3,(H,28,29). The summed E-state index contributed by atoms with van der Waals surface area (Å²) in [6.45, 7) is 2.86. The van der Waals surface area contributed by atoms with E-state index in [1.807, 2.05) is 60.7 Å². The number of carboxylic acids is 1. The number of benzene rings is 3. The molecule has 1 N–H and O–H groups in total. The molecule has 0 atom stereocenters. The maximum atomic E-state index is 14.2. The van der Waals surface area contributed by atoms with Crippen molar-refractivity contribution in [3.05, 3.63) is 95.1 Å². The molecule has 3 rings (SSSR count). The summed E-state index contributed by atoms with van der Waals surface area (Å²) in [5.41, 5.74) is 2.71. The molecule has 0 bridgehead atoms. The van der Waals surface area contributed by atoms with E-state index >= 15 is 0 Å². The van der Waals surface area contributed by atoms with Crippen LogP contribution in [0.5, 0.6) is 5.75 Å². The Kier molecular flexibility index (Phi) is 8.44. The van der Waals surface area contributed by atoms with Gasteiger partial charge in [0.25, 0.3) is 0 Å². The van der Waals surface area contributed by atoms with E-state index in [4.69, 9.17) is 14.6 Å². The molecule has 34 heavy (non-hydrogen) atoms. The summed E-state index contributed by atoms with van der Waals surface area (Å²) in [6, 6.07) is 21.5. The number of rotatable bonds is 11. The molecule has 0 amide bonds. The molecular weight excluding hydrogens is 454 g/mol. The number of sulfonamides is 1. The van der Waals surface area contributed by atoms with Crippen molar-refractivity contribution >= 4 is 16.0 Å². The van der Waals surface area contributed by atoms with Crippen molar-refractivity contribution in [1.29, 1.82) is 0 Å². The van der Waals surface area contributed by atoms with Crippen molar-refractivity contribution in [2.24, 2.45) is 0 Å². The molecule has 7 nitrogen and oxygen atoms in total. The molecule has 180 valence electrons. The Bertz CT molecular complexity index is 1150. The van der Waals surface area contributed by atoms with E-state index in [0.29, 0.717) is 16.9 Å². The van der Waals surface area contributed by atoms with Gasteiger partial charge in [0.1, 0.15) is 12.4 Å². The molecule has 0 unspecified atom stereocenters. The van der Waals surface area contributed by atoms with Crippen LogP contribution in [-0.2, 0) is 19.6 Å². The smallest absolute Gasteiger partial charge is 0.329 e. The lowest BCUT2D eigenvalue weighted by Gasteiger charge is -2.32. The fourth-order valence-corrected chi connectivity index (χ4v) is 6.05. The molecule has 0 aromatic heterocycles. The van der Waals surface area contributed by atoms with E-state index < -0.39 is 28.6 Å². The molecule has 0 aliphatic carbocycles. The molecule has 0 radical (unpaired) electrons. The first kappa shape index (κ1) is 25.4. The van der Waals surface area contributed by atoms with E-state index in [1.54, 1.807) is 26.0 Å². The number of ether oxygens (including phenoxy) is 2. The number of carboxylic acid groups (broad SMARTS) is 1. The van der Waals surface area contributed by atoms with E-state index in [2.05, 4.69) is 0 Å². The van der Waals surface area contributed by atoms with Gasteiger partial charge in [0.2, 0.25) is 10.0 Å². The van der Waals surface area contributed by atoms with Crippen molar-refractivity contribution in [2.45, 2.75) is 24.8 Å². The van der Waals surface area contributed by atoms with Gasteiger partial charge in [-0.15, -0.1) is 0 Å². The molecule has 3 aromatic rings. The predicted molar refractivity (Wildman–Crippen MR) is 130 cm³/mol. The minimum Gasteiger partial charge on any atom is -0.497 e. The minimum atomic E-state index is -4.03. The number of methoxy groups -OCH3 is 1. The summed E-state index contributed by atoms with van der Waals surface area (Å²) in [5, 5.41) is 8.94. The van der Waals surface area contributed by atoms with Gasteiger partial charge in [-0.3, -0.25) is 0 Å². The van der Waals surface area contributed by atoms with Crippen molar-refractivity contribution in [3.63, 3.8) is 0 Å². The summed E-state index contributed by atoms with van der Waals surface area (Å²) in [4.78, 5) is 11.1. The Morgan fingerprint density at radius 3 is 1.88 bits per heavy atom. The Morgan fingerprint density at radius 2 is 1.44 bits per heavy atom. The van der Waals surface area contributed by atoms with Crippen LogP contribution in [-0.4, -0.2) is 50.7 Å². The van der Waals surface area contributed by atoms with Gasteiger partial charge in [-0.1, -0.05) is 60.7 Å². The van der Waals surface area contributed by atoms with E-state index in [-0.39, 0.29) is 18.0 Å². The number of aliphatic carboxylic acids is 1. The van der Waals surface area contributed by atoms with Crippen molar-refractivity contribution in [3.8, 4) is 5.75 Å². The van der Waals surface area contributed by atoms with Gasteiger partial charge < -0.3 is 14.6 Å². The SMILES string of the molecule is COc1cc(C)c(S(=O)(=O)N(CCOCC(=O)O)C(c2ccccc2)c2ccccc2)c(C)c1. The first-order valence-electron chi connectivity index (χ1n) is 10.8. The van der Waals surface area contributed by atoms with Gasteiger partial charge in [0.15, 0.2) is 0 Å². The van der Waals surface area contributed by atoms with Crippen molar-refractivity contribution < 1.29 is 27.8 Å². The zero-order valence-electron chi connectivity index (χ0n) is 19.5. The van der Waals surface area contributed by atoms with Crippen LogP contribution in [0.3, 0.4) is 0 Å². The van der Waals surface area contributed by atoms with Crippen molar-refractivity contribution in [1.82, 2.24) is 4.31 Å². The Hall–Kier alpha value is -3.20. The Labute approximate surface area is 200 Å². The minimum absolute atomic E-state index is 0.0328. The van der Waals surface area contributed by atoms with Crippen LogP contribution in [0.2, 0.25) is 0 Å². The molecule has 8 heteroatoms. The number of hydrogen-bond acceptors (Lipinski definition) is 5. The second kappa shape index (κ2) is 11.3. The lowest BCUT2D eigenvalue weighted by atomic mass is 9.99. The Morgan fingerprint density at radius 1 is 0.941 bits per heavy atom. The van der Waals surface area contributed by atoms with Crippen LogP contribution in [0.4, 0.5) is 0 Å². The van der Waals surface area contributed by atoms with Gasteiger partial charge >= 0.3 is 5.97 Å². The topological polar surface area (TPSA) is 93.1 Å². The quantitative estimate of drug-likeness (QED) is 0.411. The third kappa shape index (κ3) is 5.83. The zero-order chi connectivity index (χ0) is 24.7. The highest BCUT2D eigenvalue weighted by atomic mass is 32.2. The average molecular weight is 484 g/mol. The summed E-state index contributed by atoms with van der Waals surface area (Å²) < 4.78 is 40.4. The van der Waals surface area contributed by atoms with Crippen LogP contribution in [0.1, 0.15) is 28.3 Å². The molecule has 0 heterocycles. The van der Waals surface area contributed by atoms with Gasteiger partial charge in [0, 0.05) is 6.54 Å². The highest BCUT2D eigenvalue weighted by molar-refractivity contribution is 7.89. The summed E-state index contributed by atoms with van der Waals surface area (Å²) >= 11 is 0. The molecule has 0 saturated heterocycles. The second-order valence-electron chi connectivity index (χ2n) is 7.88. The lowest BCUT2D eigenvalue weighted by molar-refractivity contribution is -0.142. The highest BCUT2D eigenvalue weighted by Gasteiger charge is 2.35. The molecule has 0 aliphatic heterocycles. The first-order chi connectivity index (χ1) is 16.3. The van der Waals surface area contributed by atoms with Crippen LogP contribution >= 0.6 is 0 Å². The predicted octanol–water partition coefficient (Wildman–Crippen LogP) is 4.19. The first-order valence-corrected chi connectivity index (χ1v) is 12.3.